The van der Waals surface area contributed by atoms with Crippen molar-refractivity contribution < 1.29 is 29.7 Å². The van der Waals surface area contributed by atoms with E-state index < -0.39 is 36.9 Å². The first-order valence-corrected chi connectivity index (χ1v) is 6.88. The van der Waals surface area contributed by atoms with Gasteiger partial charge in [0.1, 0.15) is 23.8 Å². The van der Waals surface area contributed by atoms with Crippen LogP contribution in [0.5, 0.6) is 5.75 Å². The predicted molar refractivity (Wildman–Crippen MR) is 83.1 cm³/mol. The van der Waals surface area contributed by atoms with Crippen LogP contribution in [0.3, 0.4) is 0 Å². The van der Waals surface area contributed by atoms with Crippen molar-refractivity contribution in [3.8, 4) is 5.75 Å². The van der Waals surface area contributed by atoms with Crippen LogP contribution in [0.2, 0.25) is 0 Å². The van der Waals surface area contributed by atoms with Crippen LogP contribution >= 0.6 is 0 Å². The molecule has 0 aromatic heterocycles. The minimum absolute atomic E-state index is 0.0510. The second kappa shape index (κ2) is 6.92. The number of phenols is 1. The summed E-state index contributed by atoms with van der Waals surface area (Å²) in [4.78, 5) is 38.9. The van der Waals surface area contributed by atoms with Crippen molar-refractivity contribution in [2.45, 2.75) is 12.5 Å². The summed E-state index contributed by atoms with van der Waals surface area (Å²) < 4.78 is 0. The number of carboxylic acid groups (broad SMARTS) is 2. The van der Waals surface area contributed by atoms with Gasteiger partial charge >= 0.3 is 11.9 Å². The number of carbonyl (C=O) groups excluding carboxylic acids is 1. The summed E-state index contributed by atoms with van der Waals surface area (Å²) in [6, 6.07) is 4.81. The highest BCUT2D eigenvalue weighted by Gasteiger charge is 2.35. The van der Waals surface area contributed by atoms with E-state index in [9.17, 15) is 19.5 Å². The second-order valence-corrected chi connectivity index (χ2v) is 5.08. The van der Waals surface area contributed by atoms with Crippen LogP contribution < -0.4 is 5.73 Å². The Kier molecular flexibility index (Phi) is 4.95. The van der Waals surface area contributed by atoms with E-state index in [2.05, 4.69) is 4.99 Å². The molecule has 0 saturated heterocycles. The molecule has 2 rings (SSSR count). The quantitative estimate of drug-likeness (QED) is 0.528. The summed E-state index contributed by atoms with van der Waals surface area (Å²) in [6.45, 7) is -0.669. The summed E-state index contributed by atoms with van der Waals surface area (Å²) in [5.41, 5.74) is 6.23. The summed E-state index contributed by atoms with van der Waals surface area (Å²) in [5, 5.41) is 27.0. The van der Waals surface area contributed by atoms with E-state index in [1.165, 1.54) is 18.2 Å². The van der Waals surface area contributed by atoms with Gasteiger partial charge in [-0.05, 0) is 23.8 Å². The molecule has 1 aromatic rings. The number of carbonyl (C=O) groups is 3. The van der Waals surface area contributed by atoms with Gasteiger partial charge in [-0.15, -0.1) is 0 Å². The molecule has 0 unspecified atom stereocenters. The average Bonchev–Trinajstić information content (AvgIpc) is 2.78. The second-order valence-electron chi connectivity index (χ2n) is 5.08. The van der Waals surface area contributed by atoms with E-state index in [1.54, 1.807) is 12.1 Å². The molecule has 24 heavy (non-hydrogen) atoms. The number of aliphatic imine (C=N–C) groups is 1. The van der Waals surface area contributed by atoms with Crippen molar-refractivity contribution in [1.29, 1.82) is 0 Å². The Morgan fingerprint density at radius 2 is 1.83 bits per heavy atom. The van der Waals surface area contributed by atoms with Crippen molar-refractivity contribution in [3.63, 3.8) is 0 Å². The molecule has 0 bridgehead atoms. The van der Waals surface area contributed by atoms with Crippen LogP contribution in [0.4, 0.5) is 0 Å². The lowest BCUT2D eigenvalue weighted by Gasteiger charge is -2.19. The number of rotatable bonds is 6. The van der Waals surface area contributed by atoms with Crippen molar-refractivity contribution in [3.05, 3.63) is 35.5 Å². The molecule has 1 amide bonds. The van der Waals surface area contributed by atoms with E-state index in [0.717, 1.165) is 4.90 Å². The topological polar surface area (TPSA) is 154 Å². The molecule has 0 radical (unpaired) electrons. The fourth-order valence-electron chi connectivity index (χ4n) is 2.15. The number of nitrogens with two attached hydrogens (primary N) is 1. The Balaban J connectivity index is 2.36. The number of amides is 1. The molecular formula is C15H15N3O6. The maximum absolute atomic E-state index is 12.3. The number of aromatic hydroxyl groups is 1. The molecule has 9 nitrogen and oxygen atoms in total. The fraction of sp³-hybridized carbons (Fsp3) is 0.200. The zero-order valence-electron chi connectivity index (χ0n) is 12.4. The normalized spacial score (nSPS) is 17.0. The van der Waals surface area contributed by atoms with Crippen LogP contribution in [0.15, 0.2) is 35.0 Å². The average molecular weight is 333 g/mol. The van der Waals surface area contributed by atoms with E-state index >= 15 is 0 Å². The van der Waals surface area contributed by atoms with E-state index in [1.807, 2.05) is 0 Å². The van der Waals surface area contributed by atoms with Crippen LogP contribution in [0, 0.1) is 0 Å². The van der Waals surface area contributed by atoms with Crippen LogP contribution in [0.1, 0.15) is 12.0 Å². The van der Waals surface area contributed by atoms with Gasteiger partial charge in [-0.3, -0.25) is 19.3 Å². The van der Waals surface area contributed by atoms with Crippen molar-refractivity contribution in [2.75, 3.05) is 6.54 Å². The molecule has 0 fully saturated rings. The van der Waals surface area contributed by atoms with Gasteiger partial charge in [-0.2, -0.15) is 0 Å². The number of benzene rings is 1. The van der Waals surface area contributed by atoms with E-state index in [0.29, 0.717) is 5.56 Å². The molecule has 1 aliphatic rings. The Morgan fingerprint density at radius 1 is 1.21 bits per heavy atom. The summed E-state index contributed by atoms with van der Waals surface area (Å²) in [5.74, 6) is -3.19. The summed E-state index contributed by atoms with van der Waals surface area (Å²) in [7, 11) is 0. The maximum Gasteiger partial charge on any atom is 0.323 e. The molecule has 1 atom stereocenters. The van der Waals surface area contributed by atoms with Gasteiger partial charge < -0.3 is 21.1 Å². The number of aliphatic carboxylic acids is 2. The van der Waals surface area contributed by atoms with Crippen molar-refractivity contribution >= 4 is 29.8 Å². The summed E-state index contributed by atoms with van der Waals surface area (Å²) >= 11 is 0. The third-order valence-electron chi connectivity index (χ3n) is 3.19. The van der Waals surface area contributed by atoms with Gasteiger partial charge in [0.05, 0.1) is 12.5 Å². The van der Waals surface area contributed by atoms with Gasteiger partial charge in [-0.25, -0.2) is 4.99 Å². The highest BCUT2D eigenvalue weighted by molar-refractivity contribution is 6.17. The van der Waals surface area contributed by atoms with Gasteiger partial charge in [0.2, 0.25) is 0 Å². The molecule has 126 valence electrons. The van der Waals surface area contributed by atoms with Crippen LogP contribution in [-0.2, 0) is 14.4 Å². The van der Waals surface area contributed by atoms with Crippen LogP contribution in [0.25, 0.3) is 6.08 Å². The number of carboxylic acids is 2. The molecule has 1 heterocycles. The van der Waals surface area contributed by atoms with Gasteiger partial charge in [0.15, 0.2) is 0 Å². The Hall–Kier alpha value is -3.20. The van der Waals surface area contributed by atoms with Gasteiger partial charge in [0, 0.05) is 0 Å². The predicted octanol–water partition coefficient (Wildman–Crippen LogP) is -0.140. The molecule has 0 aliphatic carbocycles. The van der Waals surface area contributed by atoms with Gasteiger partial charge in [0.25, 0.3) is 5.91 Å². The Morgan fingerprint density at radius 3 is 2.38 bits per heavy atom. The monoisotopic (exact) mass is 333 g/mol. The minimum atomic E-state index is -1.27. The lowest BCUT2D eigenvalue weighted by atomic mass is 10.2. The summed E-state index contributed by atoms with van der Waals surface area (Å²) in [6.07, 6.45) is 0.909. The number of phenolic OH excluding ortho intramolecular Hbond substituents is 1. The molecule has 1 aliphatic heterocycles. The zero-order chi connectivity index (χ0) is 17.9. The minimum Gasteiger partial charge on any atom is -0.508 e. The fourth-order valence-corrected chi connectivity index (χ4v) is 2.15. The standard InChI is InChI=1S/C15H15N3O6/c16-10(6-12(20)21)14-17-11(15(24)18(14)7-13(22)23)5-8-1-3-9(19)4-2-8/h1-5,10,19H,6-7,16H2,(H,20,21)(H,22,23)/b11-5-/t10-/m0/s1. The number of nitrogens with zero attached hydrogens (tertiary/aromatic N) is 2. The first-order chi connectivity index (χ1) is 11.3. The van der Waals surface area contributed by atoms with E-state index in [-0.39, 0.29) is 17.3 Å². The highest BCUT2D eigenvalue weighted by atomic mass is 16.4. The molecule has 5 N–H and O–H groups in total. The molecule has 0 saturated carbocycles. The molecule has 1 aromatic carbocycles. The van der Waals surface area contributed by atoms with E-state index in [4.69, 9.17) is 15.9 Å². The largest absolute Gasteiger partial charge is 0.508 e. The van der Waals surface area contributed by atoms with Crippen molar-refractivity contribution in [1.82, 2.24) is 4.90 Å². The molecule has 0 spiro atoms. The molecular weight excluding hydrogens is 318 g/mol. The Bertz CT molecular complexity index is 738. The molecule has 9 heteroatoms. The number of hydrogen-bond donors (Lipinski definition) is 4. The number of hydrogen-bond acceptors (Lipinski definition) is 6. The Labute approximate surface area is 136 Å². The SMILES string of the molecule is N[C@@H](CC(=O)O)C1=N/C(=C\c2ccc(O)cc2)C(=O)N1CC(=O)O. The smallest absolute Gasteiger partial charge is 0.323 e. The number of amidine groups is 1. The third kappa shape index (κ3) is 3.96. The maximum atomic E-state index is 12.3. The lowest BCUT2D eigenvalue weighted by Crippen LogP contribution is -2.46. The third-order valence-corrected chi connectivity index (χ3v) is 3.19. The van der Waals surface area contributed by atoms with Gasteiger partial charge in [-0.1, -0.05) is 12.1 Å². The van der Waals surface area contributed by atoms with Crippen molar-refractivity contribution in [2.24, 2.45) is 10.7 Å². The first kappa shape index (κ1) is 17.2. The van der Waals surface area contributed by atoms with Crippen LogP contribution in [-0.4, -0.2) is 56.5 Å². The lowest BCUT2D eigenvalue weighted by molar-refractivity contribution is -0.140. The first-order valence-electron chi connectivity index (χ1n) is 6.88. The zero-order valence-corrected chi connectivity index (χ0v) is 12.4. The highest BCUT2D eigenvalue weighted by Crippen LogP contribution is 2.21.